The molecule has 0 bridgehead atoms. The lowest BCUT2D eigenvalue weighted by atomic mass is 10.1. The van der Waals surface area contributed by atoms with E-state index in [1.807, 2.05) is 6.92 Å². The largest absolute Gasteiger partial charge is 0.360 e. The Bertz CT molecular complexity index is 840. The van der Waals surface area contributed by atoms with Gasteiger partial charge in [0.1, 0.15) is 11.4 Å². The highest BCUT2D eigenvalue weighted by Gasteiger charge is 2.18. The molecule has 0 saturated carbocycles. The molecule has 3 rings (SSSR count). The van der Waals surface area contributed by atoms with Gasteiger partial charge in [0.25, 0.3) is 5.91 Å². The lowest BCUT2D eigenvalue weighted by Crippen LogP contribution is -2.44. The lowest BCUT2D eigenvalue weighted by Gasteiger charge is -2.29. The Morgan fingerprint density at radius 1 is 1.32 bits per heavy atom. The molecule has 1 aliphatic heterocycles. The highest BCUT2D eigenvalue weighted by molar-refractivity contribution is 5.97. The minimum Gasteiger partial charge on any atom is -0.360 e. The van der Waals surface area contributed by atoms with Gasteiger partial charge in [0.05, 0.1) is 5.52 Å². The van der Waals surface area contributed by atoms with Crippen molar-refractivity contribution in [2.75, 3.05) is 19.6 Å². The second kappa shape index (κ2) is 7.35. The van der Waals surface area contributed by atoms with Crippen LogP contribution in [0.5, 0.6) is 0 Å². The Kier molecular flexibility index (Phi) is 5.18. The van der Waals surface area contributed by atoms with E-state index in [1.54, 1.807) is 6.92 Å². The number of nitrogens with zero attached hydrogens (tertiary/aromatic N) is 1. The number of nitrogens with one attached hydrogen (secondary N) is 2. The number of aromatic nitrogens is 1. The number of rotatable bonds is 4. The van der Waals surface area contributed by atoms with Crippen molar-refractivity contribution in [3.05, 3.63) is 45.5 Å². The average molecular weight is 345 g/mol. The number of fused-ring (bicyclic) bond motifs is 1. The molecule has 1 saturated heterocycles. The quantitative estimate of drug-likeness (QED) is 0.895. The zero-order valence-corrected chi connectivity index (χ0v) is 14.7. The van der Waals surface area contributed by atoms with Gasteiger partial charge >= 0.3 is 0 Å². The molecule has 2 aromatic rings. The molecule has 6 heteroatoms. The number of H-pyrrole nitrogens is 1. The van der Waals surface area contributed by atoms with Crippen LogP contribution in [0.25, 0.3) is 10.9 Å². The van der Waals surface area contributed by atoms with Gasteiger partial charge in [-0.3, -0.25) is 9.59 Å². The van der Waals surface area contributed by atoms with E-state index in [0.717, 1.165) is 19.6 Å². The zero-order chi connectivity index (χ0) is 18.0. The topological polar surface area (TPSA) is 65.2 Å². The smallest absolute Gasteiger partial charge is 0.257 e. The van der Waals surface area contributed by atoms with Crippen molar-refractivity contribution in [3.63, 3.8) is 0 Å². The van der Waals surface area contributed by atoms with E-state index in [0.29, 0.717) is 11.1 Å². The Morgan fingerprint density at radius 3 is 2.76 bits per heavy atom. The van der Waals surface area contributed by atoms with Crippen LogP contribution in [0.3, 0.4) is 0 Å². The fourth-order valence-electron chi connectivity index (χ4n) is 3.51. The third-order valence-electron chi connectivity index (χ3n) is 4.75. The Balaban J connectivity index is 1.77. The number of carbonyl (C=O) groups excluding carboxylic acids is 1. The van der Waals surface area contributed by atoms with Crippen LogP contribution < -0.4 is 10.7 Å². The minimum atomic E-state index is -0.480. The third-order valence-corrected chi connectivity index (χ3v) is 4.75. The van der Waals surface area contributed by atoms with Crippen LogP contribution >= 0.6 is 0 Å². The second-order valence-electron chi connectivity index (χ2n) is 6.91. The van der Waals surface area contributed by atoms with Crippen molar-refractivity contribution in [1.82, 2.24) is 15.2 Å². The van der Waals surface area contributed by atoms with Gasteiger partial charge in [-0.25, -0.2) is 4.39 Å². The molecule has 5 nitrogen and oxygen atoms in total. The lowest BCUT2D eigenvalue weighted by molar-refractivity contribution is 0.0924. The summed E-state index contributed by atoms with van der Waals surface area (Å²) in [4.78, 5) is 30.4. The van der Waals surface area contributed by atoms with Gasteiger partial charge in [-0.1, -0.05) is 6.42 Å². The summed E-state index contributed by atoms with van der Waals surface area (Å²) < 4.78 is 13.6. The standard InChI is InChI=1S/C19H24FN3O2/c1-12-8-14(20)9-15-17(12)21-10-16(18(15)24)19(25)22-13(2)11-23-6-4-3-5-7-23/h8-10,13H,3-7,11H2,1-2H3,(H,21,24)(H,22,25)/t13-/m1/s1. The average Bonchev–Trinajstić information content (AvgIpc) is 2.56. The van der Waals surface area contributed by atoms with Crippen molar-refractivity contribution < 1.29 is 9.18 Å². The molecule has 134 valence electrons. The molecule has 25 heavy (non-hydrogen) atoms. The normalized spacial score (nSPS) is 16.8. The van der Waals surface area contributed by atoms with Gasteiger partial charge in [-0.2, -0.15) is 0 Å². The molecular weight excluding hydrogens is 321 g/mol. The Labute approximate surface area is 146 Å². The van der Waals surface area contributed by atoms with E-state index in [-0.39, 0.29) is 17.0 Å². The van der Waals surface area contributed by atoms with E-state index in [1.165, 1.54) is 37.6 Å². The number of hydrogen-bond donors (Lipinski definition) is 2. The van der Waals surface area contributed by atoms with Gasteiger partial charge in [0.15, 0.2) is 0 Å². The molecule has 1 aromatic heterocycles. The number of carbonyl (C=O) groups is 1. The predicted molar refractivity (Wildman–Crippen MR) is 96.5 cm³/mol. The first-order chi connectivity index (χ1) is 12.0. The molecule has 1 atom stereocenters. The van der Waals surface area contributed by atoms with Crippen LogP contribution in [-0.2, 0) is 0 Å². The maximum absolute atomic E-state index is 13.6. The Morgan fingerprint density at radius 2 is 2.04 bits per heavy atom. The van der Waals surface area contributed by atoms with Crippen molar-refractivity contribution in [1.29, 1.82) is 0 Å². The second-order valence-corrected chi connectivity index (χ2v) is 6.91. The molecule has 1 fully saturated rings. The number of aromatic amines is 1. The predicted octanol–water partition coefficient (Wildman–Crippen LogP) is 2.58. The van der Waals surface area contributed by atoms with E-state index in [4.69, 9.17) is 0 Å². The van der Waals surface area contributed by atoms with E-state index in [9.17, 15) is 14.0 Å². The number of pyridine rings is 1. The zero-order valence-electron chi connectivity index (χ0n) is 14.7. The molecule has 2 N–H and O–H groups in total. The summed E-state index contributed by atoms with van der Waals surface area (Å²) in [7, 11) is 0. The van der Waals surface area contributed by atoms with E-state index >= 15 is 0 Å². The van der Waals surface area contributed by atoms with Crippen molar-refractivity contribution in [2.24, 2.45) is 0 Å². The Hall–Kier alpha value is -2.21. The summed E-state index contributed by atoms with van der Waals surface area (Å²) in [6, 6.07) is 2.48. The first-order valence-electron chi connectivity index (χ1n) is 8.80. The monoisotopic (exact) mass is 345 g/mol. The number of aryl methyl sites for hydroxylation is 1. The molecule has 1 aromatic carbocycles. The van der Waals surface area contributed by atoms with E-state index in [2.05, 4.69) is 15.2 Å². The summed E-state index contributed by atoms with van der Waals surface area (Å²) >= 11 is 0. The van der Waals surface area contributed by atoms with Crippen LogP contribution in [0.15, 0.2) is 23.1 Å². The van der Waals surface area contributed by atoms with Crippen molar-refractivity contribution in [3.8, 4) is 0 Å². The molecule has 0 radical (unpaired) electrons. The van der Waals surface area contributed by atoms with Crippen LogP contribution in [0.2, 0.25) is 0 Å². The maximum Gasteiger partial charge on any atom is 0.257 e. The molecule has 0 aliphatic carbocycles. The van der Waals surface area contributed by atoms with Crippen molar-refractivity contribution in [2.45, 2.75) is 39.2 Å². The highest BCUT2D eigenvalue weighted by Crippen LogP contribution is 2.15. The number of likely N-dealkylation sites (tertiary alicyclic amines) is 1. The minimum absolute atomic E-state index is 0.0167. The molecule has 1 aliphatic rings. The number of piperidine rings is 1. The maximum atomic E-state index is 13.6. The van der Waals surface area contributed by atoms with Crippen LogP contribution in [0.4, 0.5) is 4.39 Å². The van der Waals surface area contributed by atoms with Gasteiger partial charge in [-0.05, 0) is 57.5 Å². The van der Waals surface area contributed by atoms with Gasteiger partial charge in [0, 0.05) is 24.2 Å². The fourth-order valence-corrected chi connectivity index (χ4v) is 3.51. The summed E-state index contributed by atoms with van der Waals surface area (Å²) in [5.41, 5.74) is 0.767. The van der Waals surface area contributed by atoms with Gasteiger partial charge < -0.3 is 15.2 Å². The SMILES string of the molecule is Cc1cc(F)cc2c(=O)c(C(=O)N[C@H](C)CN3CCCCC3)c[nH]c12. The number of benzene rings is 1. The van der Waals surface area contributed by atoms with E-state index < -0.39 is 17.2 Å². The van der Waals surface area contributed by atoms with Crippen LogP contribution in [-0.4, -0.2) is 41.5 Å². The molecule has 2 heterocycles. The molecule has 0 unspecified atom stereocenters. The first-order valence-corrected chi connectivity index (χ1v) is 8.80. The fraction of sp³-hybridized carbons (Fsp3) is 0.474. The van der Waals surface area contributed by atoms with Crippen LogP contribution in [0, 0.1) is 12.7 Å². The molecular formula is C19H24FN3O2. The summed E-state index contributed by atoms with van der Waals surface area (Å²) in [5, 5.41) is 3.09. The summed E-state index contributed by atoms with van der Waals surface area (Å²) in [6.45, 7) is 6.53. The van der Waals surface area contributed by atoms with Gasteiger partial charge in [0.2, 0.25) is 5.43 Å². The highest BCUT2D eigenvalue weighted by atomic mass is 19.1. The first kappa shape index (κ1) is 17.6. The third kappa shape index (κ3) is 3.90. The van der Waals surface area contributed by atoms with Crippen molar-refractivity contribution >= 4 is 16.8 Å². The summed E-state index contributed by atoms with van der Waals surface area (Å²) in [6.07, 6.45) is 5.06. The molecule has 0 spiro atoms. The number of amides is 1. The number of hydrogen-bond acceptors (Lipinski definition) is 3. The summed E-state index contributed by atoms with van der Waals surface area (Å²) in [5.74, 6) is -0.902. The van der Waals surface area contributed by atoms with Crippen LogP contribution in [0.1, 0.15) is 42.1 Å². The molecule has 1 amide bonds. The van der Waals surface area contributed by atoms with Gasteiger partial charge in [-0.15, -0.1) is 0 Å². The number of halogens is 1.